The first kappa shape index (κ1) is 13.2. The van der Waals surface area contributed by atoms with E-state index in [1.807, 2.05) is 6.92 Å². The van der Waals surface area contributed by atoms with E-state index in [-0.39, 0.29) is 17.6 Å². The van der Waals surface area contributed by atoms with Crippen molar-refractivity contribution in [1.82, 2.24) is 4.72 Å². The van der Waals surface area contributed by atoms with Crippen molar-refractivity contribution in [3.8, 4) is 0 Å². The molecule has 3 N–H and O–H groups in total. The second-order valence-electron chi connectivity index (χ2n) is 4.45. The van der Waals surface area contributed by atoms with Gasteiger partial charge in [0.25, 0.3) is 0 Å². The van der Waals surface area contributed by atoms with Gasteiger partial charge in [0.15, 0.2) is 4.90 Å². The summed E-state index contributed by atoms with van der Waals surface area (Å²) in [5.41, 5.74) is 5.08. The van der Waals surface area contributed by atoms with Crippen LogP contribution in [-0.4, -0.2) is 14.5 Å². The maximum atomic E-state index is 13.5. The topological polar surface area (TPSA) is 72.2 Å². The van der Waals surface area contributed by atoms with Gasteiger partial charge in [0, 0.05) is 11.7 Å². The summed E-state index contributed by atoms with van der Waals surface area (Å²) >= 11 is 0. The van der Waals surface area contributed by atoms with Crippen LogP contribution in [0, 0.1) is 17.6 Å². The van der Waals surface area contributed by atoms with Crippen LogP contribution in [0.4, 0.5) is 14.5 Å². The Balaban J connectivity index is 2.30. The fourth-order valence-electron chi connectivity index (χ4n) is 1.94. The summed E-state index contributed by atoms with van der Waals surface area (Å²) in [7, 11) is -4.17. The highest BCUT2D eigenvalue weighted by molar-refractivity contribution is 7.89. The SMILES string of the molecule is CCC1CC1NS(=O)(=O)c1c(F)cc(N)cc1F. The predicted molar refractivity (Wildman–Crippen MR) is 63.3 cm³/mol. The number of anilines is 1. The zero-order chi connectivity index (χ0) is 13.5. The van der Waals surface area contributed by atoms with Crippen molar-refractivity contribution in [3.05, 3.63) is 23.8 Å². The number of hydrogen-bond acceptors (Lipinski definition) is 3. The zero-order valence-electron chi connectivity index (χ0n) is 9.78. The summed E-state index contributed by atoms with van der Waals surface area (Å²) in [5.74, 6) is -2.10. The van der Waals surface area contributed by atoms with E-state index in [0.717, 1.165) is 18.6 Å². The van der Waals surface area contributed by atoms with E-state index < -0.39 is 26.6 Å². The third-order valence-electron chi connectivity index (χ3n) is 3.04. The maximum Gasteiger partial charge on any atom is 0.246 e. The van der Waals surface area contributed by atoms with Crippen LogP contribution in [0.25, 0.3) is 0 Å². The molecule has 0 aliphatic heterocycles. The van der Waals surface area contributed by atoms with Gasteiger partial charge in [0.1, 0.15) is 11.6 Å². The lowest BCUT2D eigenvalue weighted by Gasteiger charge is -2.09. The van der Waals surface area contributed by atoms with Crippen molar-refractivity contribution >= 4 is 15.7 Å². The molecule has 4 nitrogen and oxygen atoms in total. The first-order valence-corrected chi connectivity index (χ1v) is 7.10. The highest BCUT2D eigenvalue weighted by atomic mass is 32.2. The van der Waals surface area contributed by atoms with Gasteiger partial charge in [-0.05, 0) is 24.5 Å². The molecule has 0 spiro atoms. The van der Waals surface area contributed by atoms with E-state index in [2.05, 4.69) is 4.72 Å². The first-order chi connectivity index (χ1) is 8.35. The third-order valence-corrected chi connectivity index (χ3v) is 4.58. The van der Waals surface area contributed by atoms with Crippen LogP contribution in [0.1, 0.15) is 19.8 Å². The Morgan fingerprint density at radius 3 is 2.39 bits per heavy atom. The number of rotatable bonds is 4. The van der Waals surface area contributed by atoms with Crippen molar-refractivity contribution in [2.24, 2.45) is 5.92 Å². The molecule has 0 amide bonds. The van der Waals surface area contributed by atoms with Crippen LogP contribution in [0.15, 0.2) is 17.0 Å². The lowest BCUT2D eigenvalue weighted by Crippen LogP contribution is -2.28. The maximum absolute atomic E-state index is 13.5. The number of nitrogen functional groups attached to an aromatic ring is 1. The highest BCUT2D eigenvalue weighted by Crippen LogP contribution is 2.35. The smallest absolute Gasteiger partial charge is 0.246 e. The van der Waals surface area contributed by atoms with E-state index in [9.17, 15) is 17.2 Å². The van der Waals surface area contributed by atoms with Gasteiger partial charge in [0.2, 0.25) is 10.0 Å². The average molecular weight is 276 g/mol. The molecule has 1 aliphatic carbocycles. The van der Waals surface area contributed by atoms with Gasteiger partial charge in [-0.2, -0.15) is 0 Å². The van der Waals surface area contributed by atoms with Crippen molar-refractivity contribution in [2.45, 2.75) is 30.7 Å². The quantitative estimate of drug-likeness (QED) is 0.821. The molecule has 1 aromatic carbocycles. The number of nitrogens with one attached hydrogen (secondary N) is 1. The summed E-state index contributed by atoms with van der Waals surface area (Å²) in [6.45, 7) is 1.93. The zero-order valence-corrected chi connectivity index (χ0v) is 10.6. The molecule has 0 aromatic heterocycles. The number of halogens is 2. The van der Waals surface area contributed by atoms with Gasteiger partial charge >= 0.3 is 0 Å². The first-order valence-electron chi connectivity index (χ1n) is 5.62. The molecule has 2 rings (SSSR count). The third kappa shape index (κ3) is 2.46. The summed E-state index contributed by atoms with van der Waals surface area (Å²) in [4.78, 5) is -0.960. The largest absolute Gasteiger partial charge is 0.399 e. The Kier molecular flexibility index (Phi) is 3.29. The molecule has 1 saturated carbocycles. The fraction of sp³-hybridized carbons (Fsp3) is 0.455. The van der Waals surface area contributed by atoms with Crippen molar-refractivity contribution in [2.75, 3.05) is 5.73 Å². The minimum absolute atomic E-state index is 0.151. The monoisotopic (exact) mass is 276 g/mol. The molecule has 0 saturated heterocycles. The lowest BCUT2D eigenvalue weighted by atomic mass is 10.3. The van der Waals surface area contributed by atoms with Gasteiger partial charge in [-0.1, -0.05) is 13.3 Å². The molecule has 18 heavy (non-hydrogen) atoms. The van der Waals surface area contributed by atoms with E-state index in [4.69, 9.17) is 5.73 Å². The Morgan fingerprint density at radius 1 is 1.39 bits per heavy atom. The summed E-state index contributed by atoms with van der Waals surface area (Å²) in [6.07, 6.45) is 1.54. The summed E-state index contributed by atoms with van der Waals surface area (Å²) in [5, 5.41) is 0. The van der Waals surface area contributed by atoms with Crippen LogP contribution in [0.2, 0.25) is 0 Å². The Labute approximate surface area is 104 Å². The lowest BCUT2D eigenvalue weighted by molar-refractivity contribution is 0.513. The molecule has 0 bridgehead atoms. The molecule has 0 heterocycles. The average Bonchev–Trinajstić information content (AvgIpc) is 2.92. The molecule has 7 heteroatoms. The van der Waals surface area contributed by atoms with E-state index in [1.165, 1.54) is 0 Å². The molecule has 1 fully saturated rings. The van der Waals surface area contributed by atoms with Crippen LogP contribution in [0.5, 0.6) is 0 Å². The standard InChI is InChI=1S/C11H14F2N2O2S/c1-2-6-3-10(6)15-18(16,17)11-8(12)4-7(14)5-9(11)13/h4-6,10,15H,2-3,14H2,1H3. The number of benzene rings is 1. The molecule has 0 radical (unpaired) electrons. The molecular formula is C11H14F2N2O2S. The second kappa shape index (κ2) is 4.47. The number of hydrogen-bond donors (Lipinski definition) is 2. The van der Waals surface area contributed by atoms with Crippen LogP contribution >= 0.6 is 0 Å². The van der Waals surface area contributed by atoms with Crippen LogP contribution < -0.4 is 10.5 Å². The highest BCUT2D eigenvalue weighted by Gasteiger charge is 2.40. The second-order valence-corrected chi connectivity index (χ2v) is 6.10. The minimum atomic E-state index is -4.17. The molecule has 2 atom stereocenters. The fourth-order valence-corrected chi connectivity index (χ4v) is 3.37. The van der Waals surface area contributed by atoms with E-state index >= 15 is 0 Å². The van der Waals surface area contributed by atoms with Crippen LogP contribution in [-0.2, 0) is 10.0 Å². The molecule has 100 valence electrons. The Hall–Kier alpha value is -1.21. The van der Waals surface area contributed by atoms with Gasteiger partial charge in [0.05, 0.1) is 0 Å². The number of sulfonamides is 1. The Bertz CT molecular complexity index is 551. The number of nitrogens with two attached hydrogens (primary N) is 1. The van der Waals surface area contributed by atoms with Gasteiger partial charge in [-0.25, -0.2) is 21.9 Å². The normalized spacial score (nSPS) is 23.1. The van der Waals surface area contributed by atoms with Gasteiger partial charge in [-0.3, -0.25) is 0 Å². The summed E-state index contributed by atoms with van der Waals surface area (Å²) < 4.78 is 53.1. The predicted octanol–water partition coefficient (Wildman–Crippen LogP) is 1.62. The summed E-state index contributed by atoms with van der Waals surface area (Å²) in [6, 6.07) is 1.36. The van der Waals surface area contributed by atoms with E-state index in [0.29, 0.717) is 6.42 Å². The molecular weight excluding hydrogens is 262 g/mol. The van der Waals surface area contributed by atoms with Crippen LogP contribution in [0.3, 0.4) is 0 Å². The van der Waals surface area contributed by atoms with E-state index in [1.54, 1.807) is 0 Å². The van der Waals surface area contributed by atoms with Gasteiger partial charge < -0.3 is 5.73 Å². The van der Waals surface area contributed by atoms with Crippen molar-refractivity contribution < 1.29 is 17.2 Å². The van der Waals surface area contributed by atoms with Crippen molar-refractivity contribution in [1.29, 1.82) is 0 Å². The Morgan fingerprint density at radius 2 is 1.94 bits per heavy atom. The molecule has 2 unspecified atom stereocenters. The molecule has 1 aromatic rings. The van der Waals surface area contributed by atoms with Gasteiger partial charge in [-0.15, -0.1) is 0 Å². The van der Waals surface area contributed by atoms with Crippen molar-refractivity contribution in [3.63, 3.8) is 0 Å². The molecule has 1 aliphatic rings. The minimum Gasteiger partial charge on any atom is -0.399 e.